The number of piperazine rings is 1. The first kappa shape index (κ1) is 17.9. The summed E-state index contributed by atoms with van der Waals surface area (Å²) in [5, 5.41) is 3.61. The van der Waals surface area contributed by atoms with Gasteiger partial charge >= 0.3 is 0 Å². The van der Waals surface area contributed by atoms with Crippen molar-refractivity contribution in [3.63, 3.8) is 0 Å². The third-order valence-electron chi connectivity index (χ3n) is 4.27. The summed E-state index contributed by atoms with van der Waals surface area (Å²) in [5.74, 6) is 0.587. The van der Waals surface area contributed by atoms with Crippen molar-refractivity contribution >= 4 is 9.84 Å². The predicted molar refractivity (Wildman–Crippen MR) is 85.8 cm³/mol. The molecule has 1 rings (SSSR count). The van der Waals surface area contributed by atoms with Crippen LogP contribution in [-0.2, 0) is 9.84 Å². The summed E-state index contributed by atoms with van der Waals surface area (Å²) in [6, 6.07) is 0.407. The van der Waals surface area contributed by atoms with Crippen molar-refractivity contribution in [3.8, 4) is 0 Å². The summed E-state index contributed by atoms with van der Waals surface area (Å²) in [7, 11) is -2.90. The highest BCUT2D eigenvalue weighted by molar-refractivity contribution is 7.91. The molecule has 1 heterocycles. The molecule has 0 radical (unpaired) electrons. The SMILES string of the molecule is CCCS(=O)(=O)CCN1CC(C(C)(C)C)NCC1(C)C. The largest absolute Gasteiger partial charge is 0.310 e. The van der Waals surface area contributed by atoms with Crippen LogP contribution in [0.3, 0.4) is 0 Å². The Hall–Kier alpha value is -0.130. The molecule has 4 nitrogen and oxygen atoms in total. The Labute approximate surface area is 125 Å². The lowest BCUT2D eigenvalue weighted by atomic mass is 9.83. The van der Waals surface area contributed by atoms with Gasteiger partial charge in [-0.3, -0.25) is 4.90 Å². The summed E-state index contributed by atoms with van der Waals surface area (Å²) in [4.78, 5) is 2.34. The second kappa shape index (κ2) is 6.32. The number of hydrogen-bond acceptors (Lipinski definition) is 4. The van der Waals surface area contributed by atoms with Gasteiger partial charge in [0.2, 0.25) is 0 Å². The molecule has 0 aromatic carbocycles. The molecule has 0 aromatic heterocycles. The van der Waals surface area contributed by atoms with Crippen molar-refractivity contribution in [3.05, 3.63) is 0 Å². The monoisotopic (exact) mass is 304 g/mol. The first-order chi connectivity index (χ1) is 8.98. The zero-order valence-electron chi connectivity index (χ0n) is 14.0. The van der Waals surface area contributed by atoms with Gasteiger partial charge in [0.05, 0.1) is 5.75 Å². The summed E-state index contributed by atoms with van der Waals surface area (Å²) in [6.07, 6.45) is 0.706. The number of sulfone groups is 1. The van der Waals surface area contributed by atoms with Crippen LogP contribution in [-0.4, -0.2) is 56.0 Å². The van der Waals surface area contributed by atoms with Crippen LogP contribution in [0.2, 0.25) is 0 Å². The summed E-state index contributed by atoms with van der Waals surface area (Å²) >= 11 is 0. The van der Waals surface area contributed by atoms with E-state index in [1.54, 1.807) is 0 Å². The van der Waals surface area contributed by atoms with Gasteiger partial charge in [-0.25, -0.2) is 8.42 Å². The molecule has 20 heavy (non-hydrogen) atoms. The van der Waals surface area contributed by atoms with Gasteiger partial charge in [0, 0.05) is 37.0 Å². The van der Waals surface area contributed by atoms with E-state index in [9.17, 15) is 8.42 Å². The van der Waals surface area contributed by atoms with Gasteiger partial charge in [-0.2, -0.15) is 0 Å². The molecule has 120 valence electrons. The molecule has 1 aliphatic heterocycles. The lowest BCUT2D eigenvalue weighted by molar-refractivity contribution is 0.0411. The van der Waals surface area contributed by atoms with E-state index in [0.29, 0.717) is 24.8 Å². The minimum atomic E-state index is -2.90. The van der Waals surface area contributed by atoms with Crippen LogP contribution >= 0.6 is 0 Å². The second-order valence-electron chi connectivity index (χ2n) is 7.71. The van der Waals surface area contributed by atoms with Gasteiger partial charge in [-0.1, -0.05) is 27.7 Å². The van der Waals surface area contributed by atoms with E-state index in [-0.39, 0.29) is 16.7 Å². The Morgan fingerprint density at radius 2 is 1.85 bits per heavy atom. The van der Waals surface area contributed by atoms with Crippen molar-refractivity contribution in [1.82, 2.24) is 10.2 Å². The van der Waals surface area contributed by atoms with Crippen LogP contribution in [0.25, 0.3) is 0 Å². The lowest BCUT2D eigenvalue weighted by Gasteiger charge is -2.49. The van der Waals surface area contributed by atoms with E-state index in [0.717, 1.165) is 13.1 Å². The van der Waals surface area contributed by atoms with Crippen LogP contribution < -0.4 is 5.32 Å². The molecule has 0 saturated carbocycles. The molecule has 0 bridgehead atoms. The zero-order chi connectivity index (χ0) is 15.6. The average molecular weight is 305 g/mol. The molecule has 1 unspecified atom stereocenters. The lowest BCUT2D eigenvalue weighted by Crippen LogP contribution is -2.65. The summed E-state index contributed by atoms with van der Waals surface area (Å²) in [5.41, 5.74) is 0.209. The Morgan fingerprint density at radius 3 is 2.35 bits per heavy atom. The molecule has 0 spiro atoms. The minimum Gasteiger partial charge on any atom is -0.310 e. The van der Waals surface area contributed by atoms with Crippen LogP contribution in [0.1, 0.15) is 48.0 Å². The van der Waals surface area contributed by atoms with E-state index < -0.39 is 9.84 Å². The van der Waals surface area contributed by atoms with Crippen LogP contribution in [0.15, 0.2) is 0 Å². The highest BCUT2D eigenvalue weighted by atomic mass is 32.2. The van der Waals surface area contributed by atoms with Gasteiger partial charge in [0.25, 0.3) is 0 Å². The topological polar surface area (TPSA) is 49.4 Å². The highest BCUT2D eigenvalue weighted by Gasteiger charge is 2.38. The van der Waals surface area contributed by atoms with E-state index >= 15 is 0 Å². The molecule has 1 N–H and O–H groups in total. The van der Waals surface area contributed by atoms with Crippen LogP contribution in [0.5, 0.6) is 0 Å². The smallest absolute Gasteiger partial charge is 0.151 e. The first-order valence-electron chi connectivity index (χ1n) is 7.67. The predicted octanol–water partition coefficient (Wildman–Crippen LogP) is 1.91. The van der Waals surface area contributed by atoms with Crippen LogP contribution in [0, 0.1) is 5.41 Å². The number of hydrogen-bond donors (Lipinski definition) is 1. The molecular formula is C15H32N2O2S. The van der Waals surface area contributed by atoms with Crippen molar-refractivity contribution < 1.29 is 8.42 Å². The number of nitrogens with zero attached hydrogens (tertiary/aromatic N) is 1. The van der Waals surface area contributed by atoms with Crippen molar-refractivity contribution in [2.75, 3.05) is 31.1 Å². The molecule has 0 aromatic rings. The first-order valence-corrected chi connectivity index (χ1v) is 9.49. The Balaban J connectivity index is 2.69. The number of rotatable bonds is 5. The second-order valence-corrected chi connectivity index (χ2v) is 10.0. The van der Waals surface area contributed by atoms with Gasteiger partial charge in [0.1, 0.15) is 0 Å². The fraction of sp³-hybridized carbons (Fsp3) is 1.00. The molecular weight excluding hydrogens is 272 g/mol. The maximum Gasteiger partial charge on any atom is 0.151 e. The quantitative estimate of drug-likeness (QED) is 0.843. The zero-order valence-corrected chi connectivity index (χ0v) is 14.8. The molecule has 1 fully saturated rings. The average Bonchev–Trinajstić information content (AvgIpc) is 2.25. The van der Waals surface area contributed by atoms with E-state index in [4.69, 9.17) is 0 Å². The molecule has 1 saturated heterocycles. The van der Waals surface area contributed by atoms with Crippen molar-refractivity contribution in [1.29, 1.82) is 0 Å². The summed E-state index contributed by atoms with van der Waals surface area (Å²) in [6.45, 7) is 15.4. The van der Waals surface area contributed by atoms with Gasteiger partial charge in [0.15, 0.2) is 9.84 Å². The van der Waals surface area contributed by atoms with E-state index in [1.807, 2.05) is 6.92 Å². The molecule has 0 aliphatic carbocycles. The minimum absolute atomic E-state index is 0.0173. The normalized spacial score (nSPS) is 24.8. The van der Waals surface area contributed by atoms with E-state index in [2.05, 4.69) is 44.8 Å². The maximum atomic E-state index is 11.9. The Morgan fingerprint density at radius 1 is 1.25 bits per heavy atom. The number of nitrogens with one attached hydrogen (secondary N) is 1. The third-order valence-corrected chi connectivity index (χ3v) is 6.11. The fourth-order valence-electron chi connectivity index (χ4n) is 2.65. The van der Waals surface area contributed by atoms with Gasteiger partial charge < -0.3 is 5.32 Å². The van der Waals surface area contributed by atoms with Gasteiger partial charge in [-0.05, 0) is 25.7 Å². The van der Waals surface area contributed by atoms with Crippen LogP contribution in [0.4, 0.5) is 0 Å². The molecule has 0 amide bonds. The Kier molecular flexibility index (Phi) is 5.67. The van der Waals surface area contributed by atoms with E-state index in [1.165, 1.54) is 0 Å². The molecule has 1 aliphatic rings. The maximum absolute atomic E-state index is 11.9. The molecule has 5 heteroatoms. The fourth-order valence-corrected chi connectivity index (χ4v) is 3.98. The summed E-state index contributed by atoms with van der Waals surface area (Å²) < 4.78 is 23.8. The molecule has 1 atom stereocenters. The third kappa shape index (κ3) is 5.01. The van der Waals surface area contributed by atoms with Crippen molar-refractivity contribution in [2.24, 2.45) is 5.41 Å². The Bertz CT molecular complexity index is 410. The van der Waals surface area contributed by atoms with Gasteiger partial charge in [-0.15, -0.1) is 0 Å². The standard InChI is InChI=1S/C15H32N2O2S/c1-7-9-20(18,19)10-8-17-11-13(14(2,3)4)16-12-15(17,5)6/h13,16H,7-12H2,1-6H3. The van der Waals surface area contributed by atoms with Crippen molar-refractivity contribution in [2.45, 2.75) is 59.5 Å². The highest BCUT2D eigenvalue weighted by Crippen LogP contribution is 2.27.